The minimum Gasteiger partial charge on any atom is -0.308 e. The maximum absolute atomic E-state index is 11.8. The van der Waals surface area contributed by atoms with E-state index in [1.165, 1.54) is 11.3 Å². The number of benzene rings is 1. The van der Waals surface area contributed by atoms with Crippen LogP contribution in [0, 0.1) is 0 Å². The number of amides is 2. The average molecular weight is 337 g/mol. The standard InChI is InChI=1S/C13H9ClN4OS2/c14-8-3-5-9(6-4-8)15-12(19)16-13-18-17-11(21-13)10-2-1-7-20-10/h1-7H,(H2,15,16,18,19). The van der Waals surface area contributed by atoms with E-state index in [0.717, 1.165) is 9.88 Å². The van der Waals surface area contributed by atoms with Gasteiger partial charge in [0.15, 0.2) is 5.01 Å². The Kier molecular flexibility index (Phi) is 4.14. The molecule has 3 rings (SSSR count). The molecule has 0 unspecified atom stereocenters. The summed E-state index contributed by atoms with van der Waals surface area (Å²) < 4.78 is 0. The fraction of sp³-hybridized carbons (Fsp3) is 0. The van der Waals surface area contributed by atoms with Crippen LogP contribution in [0.25, 0.3) is 9.88 Å². The number of hydrogen-bond donors (Lipinski definition) is 2. The first-order valence-corrected chi connectivity index (χ1v) is 7.99. The number of aromatic nitrogens is 2. The van der Waals surface area contributed by atoms with Crippen molar-refractivity contribution in [2.75, 3.05) is 10.6 Å². The molecular weight excluding hydrogens is 328 g/mol. The maximum Gasteiger partial charge on any atom is 0.325 e. The number of nitrogens with one attached hydrogen (secondary N) is 2. The van der Waals surface area contributed by atoms with Crippen LogP contribution in [0.1, 0.15) is 0 Å². The van der Waals surface area contributed by atoms with Gasteiger partial charge in [-0.2, -0.15) is 0 Å². The number of carbonyl (C=O) groups is 1. The highest BCUT2D eigenvalue weighted by molar-refractivity contribution is 7.23. The number of halogens is 1. The molecule has 2 amide bonds. The molecule has 0 aliphatic heterocycles. The van der Waals surface area contributed by atoms with Gasteiger partial charge in [-0.15, -0.1) is 21.5 Å². The van der Waals surface area contributed by atoms with Crippen LogP contribution in [0.3, 0.4) is 0 Å². The molecule has 3 aromatic rings. The highest BCUT2D eigenvalue weighted by Gasteiger charge is 2.10. The second-order valence-corrected chi connectivity index (χ2v) is 6.34. The number of rotatable bonds is 3. The molecule has 1 aromatic carbocycles. The van der Waals surface area contributed by atoms with Gasteiger partial charge in [0.05, 0.1) is 4.88 Å². The van der Waals surface area contributed by atoms with Crippen LogP contribution in [-0.2, 0) is 0 Å². The van der Waals surface area contributed by atoms with E-state index in [1.54, 1.807) is 35.6 Å². The van der Waals surface area contributed by atoms with Crippen LogP contribution in [0.15, 0.2) is 41.8 Å². The summed E-state index contributed by atoms with van der Waals surface area (Å²) in [6, 6.07) is 10.4. The van der Waals surface area contributed by atoms with E-state index >= 15 is 0 Å². The average Bonchev–Trinajstić information content (AvgIpc) is 3.12. The van der Waals surface area contributed by atoms with Crippen molar-refractivity contribution in [2.45, 2.75) is 0 Å². The molecule has 2 aromatic heterocycles. The molecule has 0 atom stereocenters. The first-order chi connectivity index (χ1) is 10.2. The van der Waals surface area contributed by atoms with Crippen molar-refractivity contribution in [3.05, 3.63) is 46.8 Å². The van der Waals surface area contributed by atoms with Crippen molar-refractivity contribution < 1.29 is 4.79 Å². The Balaban J connectivity index is 1.64. The summed E-state index contributed by atoms with van der Waals surface area (Å²) in [7, 11) is 0. The first-order valence-electron chi connectivity index (χ1n) is 5.92. The highest BCUT2D eigenvalue weighted by atomic mass is 35.5. The Labute approximate surface area is 133 Å². The molecule has 2 heterocycles. The molecule has 21 heavy (non-hydrogen) atoms. The predicted octanol–water partition coefficient (Wildman–Crippen LogP) is 4.56. The van der Waals surface area contributed by atoms with E-state index in [-0.39, 0.29) is 6.03 Å². The normalized spacial score (nSPS) is 10.3. The van der Waals surface area contributed by atoms with E-state index in [0.29, 0.717) is 15.8 Å². The summed E-state index contributed by atoms with van der Waals surface area (Å²) in [5.74, 6) is 0. The van der Waals surface area contributed by atoms with Gasteiger partial charge in [-0.3, -0.25) is 5.32 Å². The number of nitrogens with zero attached hydrogens (tertiary/aromatic N) is 2. The van der Waals surface area contributed by atoms with Crippen molar-refractivity contribution in [1.29, 1.82) is 0 Å². The molecule has 0 aliphatic carbocycles. The lowest BCUT2D eigenvalue weighted by Gasteiger charge is -2.04. The quantitative estimate of drug-likeness (QED) is 0.736. The van der Waals surface area contributed by atoms with Gasteiger partial charge in [-0.05, 0) is 35.7 Å². The van der Waals surface area contributed by atoms with E-state index in [4.69, 9.17) is 11.6 Å². The van der Waals surface area contributed by atoms with Crippen molar-refractivity contribution in [1.82, 2.24) is 10.2 Å². The van der Waals surface area contributed by atoms with Gasteiger partial charge < -0.3 is 5.32 Å². The predicted molar refractivity (Wildman–Crippen MR) is 87.3 cm³/mol. The molecular formula is C13H9ClN4OS2. The van der Waals surface area contributed by atoms with Crippen molar-refractivity contribution >= 4 is 51.1 Å². The topological polar surface area (TPSA) is 66.9 Å². The second-order valence-electron chi connectivity index (χ2n) is 3.98. The van der Waals surface area contributed by atoms with Gasteiger partial charge in [0.25, 0.3) is 0 Å². The molecule has 5 nitrogen and oxygen atoms in total. The van der Waals surface area contributed by atoms with Crippen LogP contribution < -0.4 is 10.6 Å². The van der Waals surface area contributed by atoms with Gasteiger partial charge in [-0.25, -0.2) is 4.79 Å². The SMILES string of the molecule is O=C(Nc1ccc(Cl)cc1)Nc1nnc(-c2cccs2)s1. The minimum atomic E-state index is -0.369. The molecule has 106 valence electrons. The molecule has 0 aliphatic rings. The summed E-state index contributed by atoms with van der Waals surface area (Å²) in [6.45, 7) is 0. The fourth-order valence-electron chi connectivity index (χ4n) is 1.57. The third-order valence-electron chi connectivity index (χ3n) is 2.48. The lowest BCUT2D eigenvalue weighted by atomic mass is 10.3. The number of anilines is 2. The van der Waals surface area contributed by atoms with Crippen LogP contribution in [-0.4, -0.2) is 16.2 Å². The summed E-state index contributed by atoms with van der Waals surface area (Å²) in [5, 5.41) is 17.2. The van der Waals surface area contributed by atoms with Crippen molar-refractivity contribution in [3.8, 4) is 9.88 Å². The fourth-order valence-corrected chi connectivity index (χ4v) is 3.22. The van der Waals surface area contributed by atoms with E-state index < -0.39 is 0 Å². The molecule has 0 saturated heterocycles. The molecule has 8 heteroatoms. The smallest absolute Gasteiger partial charge is 0.308 e. The first kappa shape index (κ1) is 14.0. The lowest BCUT2D eigenvalue weighted by Crippen LogP contribution is -2.19. The van der Waals surface area contributed by atoms with Crippen molar-refractivity contribution in [3.63, 3.8) is 0 Å². The van der Waals surface area contributed by atoms with Gasteiger partial charge >= 0.3 is 6.03 Å². The summed E-state index contributed by atoms with van der Waals surface area (Å²) in [5.41, 5.74) is 0.653. The Morgan fingerprint density at radius 2 is 1.90 bits per heavy atom. The van der Waals surface area contributed by atoms with Crippen molar-refractivity contribution in [2.24, 2.45) is 0 Å². The van der Waals surface area contributed by atoms with E-state index in [2.05, 4.69) is 20.8 Å². The number of urea groups is 1. The molecule has 0 bridgehead atoms. The maximum atomic E-state index is 11.8. The molecule has 0 saturated carbocycles. The highest BCUT2D eigenvalue weighted by Crippen LogP contribution is 2.29. The molecule has 0 radical (unpaired) electrons. The molecule has 2 N–H and O–H groups in total. The monoisotopic (exact) mass is 336 g/mol. The van der Waals surface area contributed by atoms with Crippen LogP contribution in [0.2, 0.25) is 5.02 Å². The Morgan fingerprint density at radius 1 is 1.10 bits per heavy atom. The van der Waals surface area contributed by atoms with E-state index in [9.17, 15) is 4.79 Å². The third-order valence-corrected chi connectivity index (χ3v) is 4.61. The Morgan fingerprint density at radius 3 is 2.62 bits per heavy atom. The Bertz CT molecular complexity index is 740. The Hall–Kier alpha value is -1.96. The minimum absolute atomic E-state index is 0.369. The van der Waals surface area contributed by atoms with E-state index in [1.807, 2.05) is 17.5 Å². The largest absolute Gasteiger partial charge is 0.325 e. The summed E-state index contributed by atoms with van der Waals surface area (Å²) in [6.07, 6.45) is 0. The van der Waals surface area contributed by atoms with Gasteiger partial charge in [0.2, 0.25) is 5.13 Å². The zero-order valence-corrected chi connectivity index (χ0v) is 12.9. The second kappa shape index (κ2) is 6.21. The van der Waals surface area contributed by atoms with Gasteiger partial charge in [-0.1, -0.05) is 29.0 Å². The summed E-state index contributed by atoms with van der Waals surface area (Å²) >= 11 is 8.69. The van der Waals surface area contributed by atoms with Crippen LogP contribution >= 0.6 is 34.3 Å². The number of hydrogen-bond acceptors (Lipinski definition) is 5. The molecule has 0 fully saturated rings. The molecule has 0 spiro atoms. The zero-order valence-electron chi connectivity index (χ0n) is 10.5. The van der Waals surface area contributed by atoms with Crippen LogP contribution in [0.5, 0.6) is 0 Å². The third kappa shape index (κ3) is 3.57. The lowest BCUT2D eigenvalue weighted by molar-refractivity contribution is 0.262. The van der Waals surface area contributed by atoms with Gasteiger partial charge in [0.1, 0.15) is 0 Å². The number of carbonyl (C=O) groups excluding carboxylic acids is 1. The number of thiophene rings is 1. The van der Waals surface area contributed by atoms with Gasteiger partial charge in [0, 0.05) is 10.7 Å². The van der Waals surface area contributed by atoms with Crippen LogP contribution in [0.4, 0.5) is 15.6 Å². The zero-order chi connectivity index (χ0) is 14.7. The summed E-state index contributed by atoms with van der Waals surface area (Å²) in [4.78, 5) is 12.9.